The molecule has 8 heteroatoms. The van der Waals surface area contributed by atoms with Crippen molar-refractivity contribution in [2.24, 2.45) is 0 Å². The molecule has 0 aliphatic rings. The predicted octanol–water partition coefficient (Wildman–Crippen LogP) is 2.21. The smallest absolute Gasteiger partial charge is 0.358 e. The minimum atomic E-state index is -0.724. The van der Waals surface area contributed by atoms with E-state index in [9.17, 15) is 14.4 Å². The number of esters is 1. The molecule has 120 valence electrons. The lowest BCUT2D eigenvalue weighted by molar-refractivity contribution is -0.119. The van der Waals surface area contributed by atoms with E-state index in [2.05, 4.69) is 15.6 Å². The van der Waals surface area contributed by atoms with Crippen LogP contribution in [-0.2, 0) is 14.3 Å². The lowest BCUT2D eigenvalue weighted by Crippen LogP contribution is -2.21. The second kappa shape index (κ2) is 7.50. The summed E-state index contributed by atoms with van der Waals surface area (Å²) < 4.78 is 4.90. The number of hydrogen-bond acceptors (Lipinski definition) is 6. The van der Waals surface area contributed by atoms with E-state index >= 15 is 0 Å². The number of aryl methyl sites for hydroxylation is 1. The summed E-state index contributed by atoms with van der Waals surface area (Å²) in [7, 11) is 0. The third-order valence-corrected chi connectivity index (χ3v) is 3.51. The molecule has 7 nitrogen and oxygen atoms in total. The molecule has 0 aliphatic heterocycles. The Morgan fingerprint density at radius 1 is 1.22 bits per heavy atom. The number of carbonyl (C=O) groups excluding carboxylic acids is 3. The van der Waals surface area contributed by atoms with Gasteiger partial charge in [-0.05, 0) is 18.6 Å². The third kappa shape index (κ3) is 4.89. The van der Waals surface area contributed by atoms with Crippen LogP contribution in [0.4, 0.5) is 10.8 Å². The summed E-state index contributed by atoms with van der Waals surface area (Å²) >= 11 is 1.10. The van der Waals surface area contributed by atoms with Crippen LogP contribution in [0.2, 0.25) is 0 Å². The highest BCUT2D eigenvalue weighted by atomic mass is 32.1. The number of anilines is 2. The number of thiazole rings is 1. The van der Waals surface area contributed by atoms with Crippen LogP contribution in [0.5, 0.6) is 0 Å². The molecule has 2 N–H and O–H groups in total. The van der Waals surface area contributed by atoms with Crippen LogP contribution in [0.1, 0.15) is 23.0 Å². The highest BCUT2D eigenvalue weighted by molar-refractivity contribution is 7.14. The number of benzene rings is 1. The normalized spacial score (nSPS) is 10.0. The molecule has 0 saturated heterocycles. The van der Waals surface area contributed by atoms with E-state index in [0.717, 1.165) is 16.9 Å². The van der Waals surface area contributed by atoms with Crippen molar-refractivity contribution in [2.45, 2.75) is 13.8 Å². The highest BCUT2D eigenvalue weighted by Crippen LogP contribution is 2.16. The maximum atomic E-state index is 11.8. The molecule has 0 spiro atoms. The van der Waals surface area contributed by atoms with Crippen LogP contribution in [0.15, 0.2) is 29.6 Å². The fourth-order valence-electron chi connectivity index (χ4n) is 1.68. The largest absolute Gasteiger partial charge is 0.451 e. The van der Waals surface area contributed by atoms with Gasteiger partial charge in [-0.2, -0.15) is 0 Å². The number of hydrogen-bond donors (Lipinski definition) is 2. The van der Waals surface area contributed by atoms with Crippen LogP contribution in [0, 0.1) is 6.92 Å². The van der Waals surface area contributed by atoms with Crippen LogP contribution in [0.3, 0.4) is 0 Å². The first kappa shape index (κ1) is 16.6. The van der Waals surface area contributed by atoms with Crippen molar-refractivity contribution in [2.75, 3.05) is 17.2 Å². The van der Waals surface area contributed by atoms with E-state index in [4.69, 9.17) is 4.74 Å². The molecule has 23 heavy (non-hydrogen) atoms. The SMILES string of the molecule is CC(=O)Nc1nc(C(=O)OCC(=O)Nc2ccccc2C)cs1. The van der Waals surface area contributed by atoms with Gasteiger partial charge in [0, 0.05) is 18.0 Å². The minimum Gasteiger partial charge on any atom is -0.451 e. The molecule has 0 atom stereocenters. The first-order valence-electron chi connectivity index (χ1n) is 6.71. The Morgan fingerprint density at radius 2 is 1.96 bits per heavy atom. The van der Waals surface area contributed by atoms with E-state index in [0.29, 0.717) is 10.8 Å². The number of aromatic nitrogens is 1. The van der Waals surface area contributed by atoms with Crippen LogP contribution >= 0.6 is 11.3 Å². The van der Waals surface area contributed by atoms with Gasteiger partial charge in [-0.1, -0.05) is 18.2 Å². The lowest BCUT2D eigenvalue weighted by atomic mass is 10.2. The van der Waals surface area contributed by atoms with Crippen molar-refractivity contribution < 1.29 is 19.1 Å². The first-order chi connectivity index (χ1) is 11.0. The topological polar surface area (TPSA) is 97.4 Å². The molecule has 1 aromatic carbocycles. The Labute approximate surface area is 136 Å². The number of para-hydroxylation sites is 1. The van der Waals surface area contributed by atoms with Crippen molar-refractivity contribution in [1.82, 2.24) is 4.98 Å². The number of amides is 2. The zero-order valence-electron chi connectivity index (χ0n) is 12.6. The molecule has 2 amide bonds. The molecule has 0 bridgehead atoms. The molecular formula is C15H15N3O4S. The van der Waals surface area contributed by atoms with Crippen molar-refractivity contribution >= 4 is 39.9 Å². The Kier molecular flexibility index (Phi) is 5.42. The van der Waals surface area contributed by atoms with Gasteiger partial charge in [0.2, 0.25) is 5.91 Å². The maximum Gasteiger partial charge on any atom is 0.358 e. The first-order valence-corrected chi connectivity index (χ1v) is 7.59. The average molecular weight is 333 g/mol. The molecule has 0 radical (unpaired) electrons. The van der Waals surface area contributed by atoms with Crippen LogP contribution in [0.25, 0.3) is 0 Å². The van der Waals surface area contributed by atoms with E-state index in [1.165, 1.54) is 12.3 Å². The second-order valence-electron chi connectivity index (χ2n) is 4.66. The van der Waals surface area contributed by atoms with Gasteiger partial charge in [-0.25, -0.2) is 9.78 Å². The molecule has 1 aromatic heterocycles. The summed E-state index contributed by atoms with van der Waals surface area (Å²) in [5.74, 6) is -1.44. The number of carbonyl (C=O) groups is 3. The van der Waals surface area contributed by atoms with Gasteiger partial charge in [0.1, 0.15) is 0 Å². The zero-order valence-corrected chi connectivity index (χ0v) is 13.4. The van der Waals surface area contributed by atoms with E-state index in [-0.39, 0.29) is 11.6 Å². The van der Waals surface area contributed by atoms with Gasteiger partial charge in [-0.15, -0.1) is 11.3 Å². The Bertz CT molecular complexity index is 742. The summed E-state index contributed by atoms with van der Waals surface area (Å²) in [6.07, 6.45) is 0. The van der Waals surface area contributed by atoms with Crippen LogP contribution < -0.4 is 10.6 Å². The highest BCUT2D eigenvalue weighted by Gasteiger charge is 2.15. The summed E-state index contributed by atoms with van der Waals surface area (Å²) in [6, 6.07) is 7.28. The van der Waals surface area contributed by atoms with Gasteiger partial charge in [0.15, 0.2) is 17.4 Å². The van der Waals surface area contributed by atoms with Gasteiger partial charge in [0.25, 0.3) is 5.91 Å². The van der Waals surface area contributed by atoms with Crippen molar-refractivity contribution in [3.05, 3.63) is 40.9 Å². The van der Waals surface area contributed by atoms with Gasteiger partial charge in [0.05, 0.1) is 0 Å². The maximum absolute atomic E-state index is 11.8. The van der Waals surface area contributed by atoms with E-state index in [1.807, 2.05) is 19.1 Å². The molecule has 2 rings (SSSR count). The average Bonchev–Trinajstić information content (AvgIpc) is 2.95. The molecule has 2 aromatic rings. The Hall–Kier alpha value is -2.74. The van der Waals surface area contributed by atoms with Crippen LogP contribution in [-0.4, -0.2) is 29.4 Å². The lowest BCUT2D eigenvalue weighted by Gasteiger charge is -2.08. The van der Waals surface area contributed by atoms with Crippen molar-refractivity contribution in [3.8, 4) is 0 Å². The molecule has 0 unspecified atom stereocenters. The predicted molar refractivity (Wildman–Crippen MR) is 86.5 cm³/mol. The number of nitrogens with zero attached hydrogens (tertiary/aromatic N) is 1. The fourth-order valence-corrected chi connectivity index (χ4v) is 2.41. The monoisotopic (exact) mass is 333 g/mol. The van der Waals surface area contributed by atoms with Crippen molar-refractivity contribution in [1.29, 1.82) is 0 Å². The quantitative estimate of drug-likeness (QED) is 0.818. The molecule has 0 saturated carbocycles. The van der Waals surface area contributed by atoms with Crippen molar-refractivity contribution in [3.63, 3.8) is 0 Å². The standard InChI is InChI=1S/C15H15N3O4S/c1-9-5-3-4-6-11(9)17-13(20)7-22-14(21)12-8-23-15(18-12)16-10(2)19/h3-6,8H,7H2,1-2H3,(H,17,20)(H,16,18,19). The third-order valence-electron chi connectivity index (χ3n) is 2.75. The summed E-state index contributed by atoms with van der Waals surface area (Å²) in [5, 5.41) is 6.87. The molecule has 1 heterocycles. The Balaban J connectivity index is 1.86. The second-order valence-corrected chi connectivity index (χ2v) is 5.52. The summed E-state index contributed by atoms with van der Waals surface area (Å²) in [6.45, 7) is 2.79. The summed E-state index contributed by atoms with van der Waals surface area (Å²) in [4.78, 5) is 38.4. The number of nitrogens with one attached hydrogen (secondary N) is 2. The summed E-state index contributed by atoms with van der Waals surface area (Å²) in [5.41, 5.74) is 1.62. The number of ether oxygens (including phenoxy) is 1. The minimum absolute atomic E-state index is 0.0439. The zero-order chi connectivity index (χ0) is 16.8. The molecular weight excluding hydrogens is 318 g/mol. The van der Waals surface area contributed by atoms with Gasteiger partial charge < -0.3 is 15.4 Å². The van der Waals surface area contributed by atoms with E-state index in [1.54, 1.807) is 12.1 Å². The molecule has 0 aliphatic carbocycles. The van der Waals surface area contributed by atoms with E-state index < -0.39 is 18.5 Å². The molecule has 0 fully saturated rings. The van der Waals surface area contributed by atoms with Gasteiger partial charge in [-0.3, -0.25) is 9.59 Å². The number of rotatable bonds is 5. The van der Waals surface area contributed by atoms with Gasteiger partial charge >= 0.3 is 5.97 Å². The fraction of sp³-hybridized carbons (Fsp3) is 0.200. The Morgan fingerprint density at radius 3 is 2.65 bits per heavy atom.